The van der Waals surface area contributed by atoms with Gasteiger partial charge in [-0.25, -0.2) is 0 Å². The van der Waals surface area contributed by atoms with Crippen LogP contribution in [0.2, 0.25) is 0 Å². The molecule has 1 amide bonds. The minimum Gasteiger partial charge on any atom is -0.391 e. The molecular formula is C16H18N2O2. The maximum atomic E-state index is 12.4. The Morgan fingerprint density at radius 1 is 1.15 bits per heavy atom. The van der Waals surface area contributed by atoms with Crippen LogP contribution in [0.4, 0.5) is 0 Å². The Labute approximate surface area is 118 Å². The van der Waals surface area contributed by atoms with Crippen molar-refractivity contribution in [2.75, 3.05) is 13.1 Å². The van der Waals surface area contributed by atoms with Crippen LogP contribution < -0.4 is 0 Å². The number of β-amino-alcohol motifs (C(OH)–C–C–N with tert-alkyl or cyclic N) is 1. The number of aromatic nitrogens is 1. The zero-order valence-electron chi connectivity index (χ0n) is 11.3. The molecule has 0 saturated carbocycles. The lowest BCUT2D eigenvalue weighted by Gasteiger charge is -2.30. The molecule has 3 rings (SSSR count). The van der Waals surface area contributed by atoms with Crippen LogP contribution in [0, 0.1) is 0 Å². The number of amides is 1. The second-order valence-electron chi connectivity index (χ2n) is 5.18. The lowest BCUT2D eigenvalue weighted by atomic mass is 10.1. The standard InChI is InChI=1S/C16H18N2O2/c19-15-4-3-11-18(12-15)16(20)13-5-7-14(8-6-13)17-9-1-2-10-17/h1-2,5-10,15,19H,3-4,11-12H2. The van der Waals surface area contributed by atoms with Crippen molar-refractivity contribution < 1.29 is 9.90 Å². The smallest absolute Gasteiger partial charge is 0.253 e. The number of carbonyl (C=O) groups is 1. The molecule has 2 aromatic rings. The first-order valence-corrected chi connectivity index (χ1v) is 6.95. The average molecular weight is 270 g/mol. The SMILES string of the molecule is O=C(c1ccc(-n2cccc2)cc1)N1CCCC(O)C1. The number of likely N-dealkylation sites (tertiary alicyclic amines) is 1. The van der Waals surface area contributed by atoms with Gasteiger partial charge in [0.25, 0.3) is 5.91 Å². The van der Waals surface area contributed by atoms with E-state index in [4.69, 9.17) is 0 Å². The van der Waals surface area contributed by atoms with E-state index in [2.05, 4.69) is 0 Å². The van der Waals surface area contributed by atoms with Crippen LogP contribution in [-0.4, -0.2) is 39.7 Å². The molecular weight excluding hydrogens is 252 g/mol. The van der Waals surface area contributed by atoms with Crippen molar-refractivity contribution >= 4 is 5.91 Å². The number of nitrogens with zero attached hydrogens (tertiary/aromatic N) is 2. The Kier molecular flexibility index (Phi) is 3.56. The second kappa shape index (κ2) is 5.51. The zero-order valence-corrected chi connectivity index (χ0v) is 11.3. The lowest BCUT2D eigenvalue weighted by Crippen LogP contribution is -2.42. The summed E-state index contributed by atoms with van der Waals surface area (Å²) in [4.78, 5) is 14.1. The molecule has 1 aromatic carbocycles. The Morgan fingerprint density at radius 2 is 1.85 bits per heavy atom. The van der Waals surface area contributed by atoms with Gasteiger partial charge in [-0.2, -0.15) is 0 Å². The topological polar surface area (TPSA) is 45.5 Å². The zero-order chi connectivity index (χ0) is 13.9. The summed E-state index contributed by atoms with van der Waals surface area (Å²) in [6.07, 6.45) is 5.22. The van der Waals surface area contributed by atoms with Gasteiger partial charge in [-0.15, -0.1) is 0 Å². The molecule has 2 heterocycles. The normalized spacial score (nSPS) is 19.1. The highest BCUT2D eigenvalue weighted by molar-refractivity contribution is 5.94. The predicted octanol–water partition coefficient (Wildman–Crippen LogP) is 2.07. The minimum absolute atomic E-state index is 0.00260. The van der Waals surface area contributed by atoms with Crippen LogP contribution in [-0.2, 0) is 0 Å². The summed E-state index contributed by atoms with van der Waals surface area (Å²) < 4.78 is 2.00. The third-order valence-corrected chi connectivity index (χ3v) is 3.70. The van der Waals surface area contributed by atoms with Crippen LogP contribution in [0.3, 0.4) is 0 Å². The van der Waals surface area contributed by atoms with E-state index in [1.165, 1.54) is 0 Å². The number of benzene rings is 1. The molecule has 1 unspecified atom stereocenters. The Bertz CT molecular complexity index is 575. The van der Waals surface area contributed by atoms with Crippen molar-refractivity contribution in [2.24, 2.45) is 0 Å². The number of piperidine rings is 1. The van der Waals surface area contributed by atoms with Crippen LogP contribution in [0.5, 0.6) is 0 Å². The molecule has 0 aliphatic carbocycles. The number of hydrogen-bond acceptors (Lipinski definition) is 2. The summed E-state index contributed by atoms with van der Waals surface area (Å²) in [6, 6.07) is 11.5. The summed E-state index contributed by atoms with van der Waals surface area (Å²) in [6.45, 7) is 1.17. The fraction of sp³-hybridized carbons (Fsp3) is 0.312. The molecule has 1 saturated heterocycles. The molecule has 0 bridgehead atoms. The van der Waals surface area contributed by atoms with Crippen molar-refractivity contribution in [3.05, 3.63) is 54.4 Å². The van der Waals surface area contributed by atoms with E-state index in [0.29, 0.717) is 12.1 Å². The summed E-state index contributed by atoms with van der Waals surface area (Å²) in [7, 11) is 0. The highest BCUT2D eigenvalue weighted by Crippen LogP contribution is 2.15. The van der Waals surface area contributed by atoms with Crippen LogP contribution in [0.25, 0.3) is 5.69 Å². The molecule has 1 N–H and O–H groups in total. The van der Waals surface area contributed by atoms with Gasteiger partial charge in [0.2, 0.25) is 0 Å². The first-order chi connectivity index (χ1) is 9.74. The molecule has 20 heavy (non-hydrogen) atoms. The summed E-state index contributed by atoms with van der Waals surface area (Å²) in [5, 5.41) is 9.65. The molecule has 104 valence electrons. The van der Waals surface area contributed by atoms with Gasteiger partial charge in [-0.3, -0.25) is 4.79 Å². The number of rotatable bonds is 2. The predicted molar refractivity (Wildman–Crippen MR) is 76.9 cm³/mol. The van der Waals surface area contributed by atoms with Gasteiger partial charge in [0.15, 0.2) is 0 Å². The highest BCUT2D eigenvalue weighted by atomic mass is 16.3. The van der Waals surface area contributed by atoms with Crippen LogP contribution in [0.1, 0.15) is 23.2 Å². The van der Waals surface area contributed by atoms with Crippen molar-refractivity contribution in [1.82, 2.24) is 9.47 Å². The summed E-state index contributed by atoms with van der Waals surface area (Å²) in [5.41, 5.74) is 1.71. The van der Waals surface area contributed by atoms with Gasteiger partial charge in [-0.05, 0) is 49.2 Å². The van der Waals surface area contributed by atoms with Crippen molar-refractivity contribution in [3.8, 4) is 5.69 Å². The van der Waals surface area contributed by atoms with E-state index >= 15 is 0 Å². The fourth-order valence-corrected chi connectivity index (χ4v) is 2.60. The monoisotopic (exact) mass is 270 g/mol. The molecule has 1 aromatic heterocycles. The number of aliphatic hydroxyl groups excluding tert-OH is 1. The van der Waals surface area contributed by atoms with Crippen molar-refractivity contribution in [3.63, 3.8) is 0 Å². The molecule has 1 atom stereocenters. The summed E-state index contributed by atoms with van der Waals surface area (Å²) >= 11 is 0. The largest absolute Gasteiger partial charge is 0.391 e. The van der Waals surface area contributed by atoms with Crippen LogP contribution >= 0.6 is 0 Å². The molecule has 0 spiro atoms. The molecule has 0 radical (unpaired) electrons. The number of hydrogen-bond donors (Lipinski definition) is 1. The van der Waals surface area contributed by atoms with Gasteiger partial charge in [0.05, 0.1) is 6.10 Å². The average Bonchev–Trinajstić information content (AvgIpc) is 3.01. The second-order valence-corrected chi connectivity index (χ2v) is 5.18. The number of aliphatic hydroxyl groups is 1. The maximum absolute atomic E-state index is 12.4. The molecule has 4 nitrogen and oxygen atoms in total. The number of carbonyl (C=O) groups excluding carboxylic acids is 1. The van der Waals surface area contributed by atoms with Gasteiger partial charge >= 0.3 is 0 Å². The summed E-state index contributed by atoms with van der Waals surface area (Å²) in [5.74, 6) is 0.00260. The van der Waals surface area contributed by atoms with Crippen molar-refractivity contribution in [2.45, 2.75) is 18.9 Å². The van der Waals surface area contributed by atoms with Gasteiger partial charge < -0.3 is 14.6 Å². The molecule has 1 aliphatic heterocycles. The Morgan fingerprint density at radius 3 is 2.50 bits per heavy atom. The fourth-order valence-electron chi connectivity index (χ4n) is 2.60. The van der Waals surface area contributed by atoms with Gasteiger partial charge in [0, 0.05) is 36.7 Å². The molecule has 1 fully saturated rings. The Hall–Kier alpha value is -2.07. The van der Waals surface area contributed by atoms with E-state index in [0.717, 1.165) is 25.1 Å². The first kappa shape index (κ1) is 12.9. The van der Waals surface area contributed by atoms with E-state index in [-0.39, 0.29) is 12.0 Å². The minimum atomic E-state index is -0.383. The Balaban J connectivity index is 1.75. The van der Waals surface area contributed by atoms with Gasteiger partial charge in [0.1, 0.15) is 0 Å². The third kappa shape index (κ3) is 2.60. The molecule has 4 heteroatoms. The van der Waals surface area contributed by atoms with Gasteiger partial charge in [-0.1, -0.05) is 0 Å². The van der Waals surface area contributed by atoms with Crippen molar-refractivity contribution in [1.29, 1.82) is 0 Å². The van der Waals surface area contributed by atoms with E-state index in [1.807, 2.05) is 53.4 Å². The van der Waals surface area contributed by atoms with E-state index in [1.54, 1.807) is 4.90 Å². The first-order valence-electron chi connectivity index (χ1n) is 6.95. The third-order valence-electron chi connectivity index (χ3n) is 3.70. The van der Waals surface area contributed by atoms with E-state index < -0.39 is 0 Å². The highest BCUT2D eigenvalue weighted by Gasteiger charge is 2.22. The quantitative estimate of drug-likeness (QED) is 0.908. The maximum Gasteiger partial charge on any atom is 0.253 e. The van der Waals surface area contributed by atoms with Crippen LogP contribution in [0.15, 0.2) is 48.8 Å². The lowest BCUT2D eigenvalue weighted by molar-refractivity contribution is 0.0474. The molecule has 1 aliphatic rings. The van der Waals surface area contributed by atoms with E-state index in [9.17, 15) is 9.90 Å².